The van der Waals surface area contributed by atoms with Crippen molar-refractivity contribution in [1.29, 1.82) is 5.26 Å². The van der Waals surface area contributed by atoms with Crippen LogP contribution in [-0.2, 0) is 0 Å². The summed E-state index contributed by atoms with van der Waals surface area (Å²) in [5.41, 5.74) is 0.654. The molecule has 0 spiro atoms. The zero-order chi connectivity index (χ0) is 14.0. The third kappa shape index (κ3) is 2.95. The Morgan fingerprint density at radius 1 is 1.32 bits per heavy atom. The third-order valence-corrected chi connectivity index (χ3v) is 2.84. The first-order valence-corrected chi connectivity index (χ1v) is 5.97. The van der Waals surface area contributed by atoms with Crippen LogP contribution in [0, 0.1) is 24.1 Å². The molecule has 1 aromatic carbocycles. The topological polar surface area (TPSA) is 45.9 Å². The molecule has 2 aromatic rings. The smallest absolute Gasteiger partial charge is 0.222 e. The molecule has 0 atom stereocenters. The Kier molecular flexibility index (Phi) is 3.89. The van der Waals surface area contributed by atoms with E-state index in [1.165, 1.54) is 24.3 Å². The molecule has 0 bridgehead atoms. The minimum Gasteiger partial charge on any atom is -0.434 e. The summed E-state index contributed by atoms with van der Waals surface area (Å²) in [6, 6.07) is 7.69. The maximum atomic E-state index is 13.9. The van der Waals surface area contributed by atoms with Crippen molar-refractivity contribution < 1.29 is 9.13 Å². The second-order valence-corrected chi connectivity index (χ2v) is 4.53. The SMILES string of the molecule is Cc1ccc(Cl)c(Oc2cc(C#N)cc(Cl)n2)c1F. The molecule has 19 heavy (non-hydrogen) atoms. The Balaban J connectivity index is 2.45. The molecule has 3 nitrogen and oxygen atoms in total. The Morgan fingerprint density at radius 2 is 2.05 bits per heavy atom. The summed E-state index contributed by atoms with van der Waals surface area (Å²) in [4.78, 5) is 3.86. The van der Waals surface area contributed by atoms with Gasteiger partial charge in [-0.05, 0) is 24.6 Å². The average molecular weight is 297 g/mol. The highest BCUT2D eigenvalue weighted by atomic mass is 35.5. The predicted molar refractivity (Wildman–Crippen MR) is 70.2 cm³/mol. The molecular formula is C13H7Cl2FN2O. The Morgan fingerprint density at radius 3 is 2.74 bits per heavy atom. The summed E-state index contributed by atoms with van der Waals surface area (Å²) in [6.45, 7) is 1.59. The highest BCUT2D eigenvalue weighted by molar-refractivity contribution is 6.32. The predicted octanol–water partition coefficient (Wildman–Crippen LogP) is 4.50. The molecule has 2 rings (SSSR count). The summed E-state index contributed by atoms with van der Waals surface area (Å²) in [5.74, 6) is -0.705. The summed E-state index contributed by atoms with van der Waals surface area (Å²) in [5, 5.41) is 9.01. The van der Waals surface area contributed by atoms with Gasteiger partial charge in [0.2, 0.25) is 5.88 Å². The summed E-state index contributed by atoms with van der Waals surface area (Å²) in [6.07, 6.45) is 0. The van der Waals surface area contributed by atoms with Gasteiger partial charge in [-0.15, -0.1) is 0 Å². The van der Waals surface area contributed by atoms with Crippen LogP contribution in [0.25, 0.3) is 0 Å². The van der Waals surface area contributed by atoms with E-state index < -0.39 is 5.82 Å². The molecule has 1 aromatic heterocycles. The third-order valence-electron chi connectivity index (χ3n) is 2.35. The van der Waals surface area contributed by atoms with E-state index in [0.29, 0.717) is 5.56 Å². The number of nitriles is 1. The fourth-order valence-electron chi connectivity index (χ4n) is 1.42. The maximum Gasteiger partial charge on any atom is 0.222 e. The number of nitrogens with zero attached hydrogens (tertiary/aromatic N) is 2. The number of pyridine rings is 1. The maximum absolute atomic E-state index is 13.9. The minimum absolute atomic E-state index is 0.00968. The fourth-order valence-corrected chi connectivity index (χ4v) is 1.80. The first kappa shape index (κ1) is 13.6. The number of halogens is 3. The van der Waals surface area contributed by atoms with Gasteiger partial charge < -0.3 is 4.74 Å². The fraction of sp³-hybridized carbons (Fsp3) is 0.0769. The summed E-state index contributed by atoms with van der Waals surface area (Å²) < 4.78 is 19.2. The number of hydrogen-bond acceptors (Lipinski definition) is 3. The van der Waals surface area contributed by atoms with Crippen molar-refractivity contribution in [3.8, 4) is 17.7 Å². The van der Waals surface area contributed by atoms with Crippen molar-refractivity contribution in [1.82, 2.24) is 4.98 Å². The molecule has 0 unspecified atom stereocenters. The molecule has 0 radical (unpaired) electrons. The van der Waals surface area contributed by atoms with Crippen molar-refractivity contribution in [3.05, 3.63) is 51.4 Å². The Bertz CT molecular complexity index is 683. The van der Waals surface area contributed by atoms with E-state index in [-0.39, 0.29) is 27.4 Å². The molecule has 0 aliphatic rings. The number of hydrogen-bond donors (Lipinski definition) is 0. The molecule has 0 saturated heterocycles. The zero-order valence-electron chi connectivity index (χ0n) is 9.75. The first-order chi connectivity index (χ1) is 9.01. The summed E-state index contributed by atoms with van der Waals surface area (Å²) in [7, 11) is 0. The number of aryl methyl sites for hydroxylation is 1. The Hall–Kier alpha value is -1.83. The van der Waals surface area contributed by atoms with Gasteiger partial charge >= 0.3 is 0 Å². The van der Waals surface area contributed by atoms with E-state index in [1.807, 2.05) is 6.07 Å². The van der Waals surface area contributed by atoms with E-state index in [1.54, 1.807) is 6.92 Å². The first-order valence-electron chi connectivity index (χ1n) is 5.21. The molecule has 0 aliphatic heterocycles. The average Bonchev–Trinajstić information content (AvgIpc) is 2.38. The quantitative estimate of drug-likeness (QED) is 0.767. The van der Waals surface area contributed by atoms with Crippen LogP contribution < -0.4 is 4.74 Å². The molecule has 96 valence electrons. The summed E-state index contributed by atoms with van der Waals surface area (Å²) >= 11 is 11.6. The monoisotopic (exact) mass is 296 g/mol. The number of ether oxygens (including phenoxy) is 1. The molecule has 0 aliphatic carbocycles. The van der Waals surface area contributed by atoms with Crippen LogP contribution in [0.15, 0.2) is 24.3 Å². The number of benzene rings is 1. The van der Waals surface area contributed by atoms with Crippen molar-refractivity contribution >= 4 is 23.2 Å². The molecule has 0 N–H and O–H groups in total. The van der Waals surface area contributed by atoms with E-state index in [9.17, 15) is 4.39 Å². The zero-order valence-corrected chi connectivity index (χ0v) is 11.3. The lowest BCUT2D eigenvalue weighted by Crippen LogP contribution is -1.95. The van der Waals surface area contributed by atoms with Gasteiger partial charge in [-0.25, -0.2) is 9.37 Å². The van der Waals surface area contributed by atoms with Gasteiger partial charge in [-0.1, -0.05) is 29.3 Å². The van der Waals surface area contributed by atoms with Crippen LogP contribution in [0.4, 0.5) is 4.39 Å². The van der Waals surface area contributed by atoms with Crippen LogP contribution in [0.5, 0.6) is 11.6 Å². The second-order valence-electron chi connectivity index (χ2n) is 3.74. The molecule has 1 heterocycles. The lowest BCUT2D eigenvalue weighted by Gasteiger charge is -2.09. The minimum atomic E-state index is -0.576. The standard InChI is InChI=1S/C13H7Cl2FN2O/c1-7-2-3-9(14)13(12(7)16)19-11-5-8(6-17)4-10(15)18-11/h2-5H,1H3. The van der Waals surface area contributed by atoms with E-state index >= 15 is 0 Å². The highest BCUT2D eigenvalue weighted by Gasteiger charge is 2.14. The van der Waals surface area contributed by atoms with E-state index in [4.69, 9.17) is 33.2 Å². The lowest BCUT2D eigenvalue weighted by atomic mass is 10.2. The Labute approximate surface area is 119 Å². The molecule has 0 fully saturated rings. The molecular weight excluding hydrogens is 290 g/mol. The number of aromatic nitrogens is 1. The van der Waals surface area contributed by atoms with Crippen molar-refractivity contribution in [2.45, 2.75) is 6.92 Å². The van der Waals surface area contributed by atoms with Gasteiger partial charge in [0, 0.05) is 6.07 Å². The van der Waals surface area contributed by atoms with Gasteiger partial charge in [0.25, 0.3) is 0 Å². The van der Waals surface area contributed by atoms with Crippen LogP contribution >= 0.6 is 23.2 Å². The van der Waals surface area contributed by atoms with E-state index in [0.717, 1.165) is 0 Å². The van der Waals surface area contributed by atoms with Crippen molar-refractivity contribution in [3.63, 3.8) is 0 Å². The molecule has 0 amide bonds. The second kappa shape index (κ2) is 5.43. The van der Waals surface area contributed by atoms with Crippen LogP contribution in [0.3, 0.4) is 0 Å². The van der Waals surface area contributed by atoms with Crippen LogP contribution in [0.2, 0.25) is 10.2 Å². The normalized spacial score (nSPS) is 10.1. The highest BCUT2D eigenvalue weighted by Crippen LogP contribution is 2.33. The van der Waals surface area contributed by atoms with Crippen molar-refractivity contribution in [2.24, 2.45) is 0 Å². The number of rotatable bonds is 2. The molecule has 6 heteroatoms. The van der Waals surface area contributed by atoms with E-state index in [2.05, 4.69) is 4.98 Å². The van der Waals surface area contributed by atoms with Gasteiger partial charge in [0.05, 0.1) is 16.7 Å². The lowest BCUT2D eigenvalue weighted by molar-refractivity contribution is 0.426. The van der Waals surface area contributed by atoms with Gasteiger partial charge in [0.15, 0.2) is 11.6 Å². The van der Waals surface area contributed by atoms with Gasteiger partial charge in [-0.2, -0.15) is 5.26 Å². The van der Waals surface area contributed by atoms with Gasteiger partial charge in [-0.3, -0.25) is 0 Å². The van der Waals surface area contributed by atoms with Crippen molar-refractivity contribution in [2.75, 3.05) is 0 Å². The molecule has 0 saturated carbocycles. The van der Waals surface area contributed by atoms with Crippen LogP contribution in [-0.4, -0.2) is 4.98 Å². The van der Waals surface area contributed by atoms with Gasteiger partial charge in [0.1, 0.15) is 5.15 Å². The largest absolute Gasteiger partial charge is 0.434 e. The van der Waals surface area contributed by atoms with Crippen LogP contribution in [0.1, 0.15) is 11.1 Å².